The highest BCUT2D eigenvalue weighted by atomic mass is 19.2. The lowest BCUT2D eigenvalue weighted by Gasteiger charge is -2.41. The zero-order valence-corrected chi connectivity index (χ0v) is 26.8. The summed E-state index contributed by atoms with van der Waals surface area (Å²) in [4.78, 5) is 20.2. The molecule has 0 unspecified atom stereocenters. The van der Waals surface area contributed by atoms with Crippen LogP contribution >= 0.6 is 0 Å². The molecule has 1 saturated heterocycles. The summed E-state index contributed by atoms with van der Waals surface area (Å²) in [6, 6.07) is 9.72. The van der Waals surface area contributed by atoms with Gasteiger partial charge < -0.3 is 23.8 Å². The Morgan fingerprint density at radius 2 is 1.78 bits per heavy atom. The van der Waals surface area contributed by atoms with Gasteiger partial charge in [0.05, 0.1) is 44.6 Å². The summed E-state index contributed by atoms with van der Waals surface area (Å²) in [5.74, 6) is -1.19. The van der Waals surface area contributed by atoms with Crippen LogP contribution in [0, 0.1) is 18.6 Å². The van der Waals surface area contributed by atoms with E-state index < -0.39 is 11.6 Å². The van der Waals surface area contributed by atoms with Gasteiger partial charge >= 0.3 is 5.97 Å². The number of anilines is 1. The Balaban J connectivity index is 1.56. The molecule has 10 heteroatoms. The molecule has 0 aliphatic carbocycles. The Bertz CT molecular complexity index is 1810. The molecule has 0 amide bonds. The summed E-state index contributed by atoms with van der Waals surface area (Å²) in [6.07, 6.45) is 3.62. The van der Waals surface area contributed by atoms with Gasteiger partial charge in [-0.1, -0.05) is 24.8 Å². The molecule has 6 bridgehead atoms. The van der Waals surface area contributed by atoms with Crippen molar-refractivity contribution < 1.29 is 32.5 Å². The average molecular weight is 632 g/mol. The fourth-order valence-corrected chi connectivity index (χ4v) is 6.49. The lowest BCUT2D eigenvalue weighted by Crippen LogP contribution is -2.45. The fraction of sp³-hybridized carbons (Fsp3) is 0.389. The van der Waals surface area contributed by atoms with Crippen LogP contribution in [0.25, 0.3) is 33.6 Å². The van der Waals surface area contributed by atoms with Crippen LogP contribution in [0.5, 0.6) is 5.75 Å². The van der Waals surface area contributed by atoms with Crippen molar-refractivity contribution in [1.82, 2.24) is 9.38 Å². The van der Waals surface area contributed by atoms with Gasteiger partial charge in [-0.15, -0.1) is 0 Å². The molecule has 4 aromatic rings. The predicted octanol–water partition coefficient (Wildman–Crippen LogP) is 6.79. The van der Waals surface area contributed by atoms with E-state index in [1.165, 1.54) is 7.11 Å². The van der Waals surface area contributed by atoms with Crippen LogP contribution in [-0.4, -0.2) is 67.6 Å². The van der Waals surface area contributed by atoms with Gasteiger partial charge in [-0.05, 0) is 62.4 Å². The molecule has 3 aliphatic rings. The number of hydrogen-bond donors (Lipinski definition) is 0. The first kappa shape index (κ1) is 31.7. The minimum atomic E-state index is -0.990. The number of hydrogen-bond acceptors (Lipinski definition) is 7. The first-order valence-electron chi connectivity index (χ1n) is 15.5. The smallest absolute Gasteiger partial charge is 0.310 e. The van der Waals surface area contributed by atoms with Crippen LogP contribution in [0.4, 0.5) is 14.6 Å². The summed E-state index contributed by atoms with van der Waals surface area (Å²) in [5, 5.41) is 0. The van der Waals surface area contributed by atoms with Crippen molar-refractivity contribution in [2.45, 2.75) is 45.6 Å². The standard InChI is InChI=1S/C36H39F2N3O5/c1-22(2)33-23(3)26(19-32(42)43-5)35-40-11-9-36(4,10-12-40)46-16-14-44-13-15-45-31-20-29(38)28(37)18-27(31)24-7-6-8-25(17-24)30-21-41(35)34(33)39-30/h6-8,17-18,20-21H,1,9-16,19H2,2-5H3. The highest BCUT2D eigenvalue weighted by Gasteiger charge is 2.34. The van der Waals surface area contributed by atoms with Crippen LogP contribution in [0.15, 0.2) is 49.2 Å². The number of halogens is 2. The molecule has 5 heterocycles. The number of pyridine rings is 1. The number of fused-ring (bicyclic) bond motifs is 8. The van der Waals surface area contributed by atoms with Crippen LogP contribution in [0.3, 0.4) is 0 Å². The van der Waals surface area contributed by atoms with Gasteiger partial charge in [-0.2, -0.15) is 0 Å². The second-order valence-corrected chi connectivity index (χ2v) is 12.2. The number of aromatic nitrogens is 2. The SMILES string of the molecule is C=C(C)c1c(C)c(CC(=O)OC)c2n3cc(nc13)-c1cccc(c1)-c1cc(F)c(F)cc1OCCOCCOC1(C)CCN2CC1. The Morgan fingerprint density at radius 1 is 1.07 bits per heavy atom. The fourth-order valence-electron chi connectivity index (χ4n) is 6.49. The van der Waals surface area contributed by atoms with Crippen molar-refractivity contribution in [3.63, 3.8) is 0 Å². The monoisotopic (exact) mass is 631 g/mol. The molecular formula is C36H39F2N3O5. The number of piperidine rings is 1. The molecule has 0 radical (unpaired) electrons. The zero-order valence-electron chi connectivity index (χ0n) is 26.8. The highest BCUT2D eigenvalue weighted by molar-refractivity contribution is 5.85. The Hall–Kier alpha value is -4.28. The molecular weight excluding hydrogens is 592 g/mol. The lowest BCUT2D eigenvalue weighted by atomic mass is 9.92. The van der Waals surface area contributed by atoms with Gasteiger partial charge in [0.1, 0.15) is 23.8 Å². The van der Waals surface area contributed by atoms with E-state index in [1.807, 2.05) is 44.3 Å². The number of allylic oxidation sites excluding steroid dienone is 1. The van der Waals surface area contributed by atoms with E-state index in [4.69, 9.17) is 23.9 Å². The van der Waals surface area contributed by atoms with Crippen molar-refractivity contribution in [2.75, 3.05) is 51.5 Å². The second-order valence-electron chi connectivity index (χ2n) is 12.2. The van der Waals surface area contributed by atoms with Gasteiger partial charge in [0.2, 0.25) is 0 Å². The molecule has 242 valence electrons. The molecule has 3 aliphatic heterocycles. The number of carbonyl (C=O) groups excluding carboxylic acids is 1. The normalized spacial score (nSPS) is 16.6. The predicted molar refractivity (Wildman–Crippen MR) is 173 cm³/mol. The first-order chi connectivity index (χ1) is 22.1. The Labute approximate surface area is 267 Å². The molecule has 1 fully saturated rings. The number of imidazole rings is 1. The summed E-state index contributed by atoms with van der Waals surface area (Å²) in [7, 11) is 1.40. The van der Waals surface area contributed by atoms with Gasteiger partial charge in [0.15, 0.2) is 11.6 Å². The quantitative estimate of drug-likeness (QED) is 0.182. The van der Waals surface area contributed by atoms with E-state index in [9.17, 15) is 13.6 Å². The summed E-state index contributed by atoms with van der Waals surface area (Å²) >= 11 is 0. The molecule has 0 N–H and O–H groups in total. The molecule has 0 atom stereocenters. The largest absolute Gasteiger partial charge is 0.490 e. The number of methoxy groups -OCH3 is 1. The van der Waals surface area contributed by atoms with Gasteiger partial charge in [-0.25, -0.2) is 13.8 Å². The summed E-state index contributed by atoms with van der Waals surface area (Å²) in [5.41, 5.74) is 6.37. The second kappa shape index (κ2) is 12.8. The minimum absolute atomic E-state index is 0.0946. The van der Waals surface area contributed by atoms with Crippen molar-refractivity contribution in [3.8, 4) is 28.1 Å². The van der Waals surface area contributed by atoms with Crippen molar-refractivity contribution in [2.24, 2.45) is 0 Å². The molecule has 2 aromatic carbocycles. The lowest BCUT2D eigenvalue weighted by molar-refractivity contribution is -0.139. The van der Waals surface area contributed by atoms with E-state index in [1.54, 1.807) is 0 Å². The maximum Gasteiger partial charge on any atom is 0.310 e. The van der Waals surface area contributed by atoms with Gasteiger partial charge in [0, 0.05) is 47.6 Å². The average Bonchev–Trinajstić information content (AvgIpc) is 3.47. The Kier molecular flexibility index (Phi) is 8.85. The highest BCUT2D eigenvalue weighted by Crippen LogP contribution is 2.39. The van der Waals surface area contributed by atoms with E-state index in [-0.39, 0.29) is 37.0 Å². The summed E-state index contributed by atoms with van der Waals surface area (Å²) in [6.45, 7) is 12.9. The topological polar surface area (TPSA) is 74.5 Å². The number of esters is 1. The van der Waals surface area contributed by atoms with Crippen LogP contribution in [-0.2, 0) is 25.4 Å². The van der Waals surface area contributed by atoms with E-state index >= 15 is 0 Å². The van der Waals surface area contributed by atoms with Crippen molar-refractivity contribution in [1.29, 1.82) is 0 Å². The zero-order chi connectivity index (χ0) is 32.6. The number of ether oxygens (including phenoxy) is 4. The van der Waals surface area contributed by atoms with Crippen LogP contribution < -0.4 is 9.64 Å². The van der Waals surface area contributed by atoms with Crippen LogP contribution in [0.1, 0.15) is 43.4 Å². The number of benzene rings is 2. The molecule has 8 nitrogen and oxygen atoms in total. The molecule has 0 saturated carbocycles. The van der Waals surface area contributed by atoms with Crippen molar-refractivity contribution >= 4 is 23.0 Å². The van der Waals surface area contributed by atoms with Crippen LogP contribution in [0.2, 0.25) is 0 Å². The minimum Gasteiger partial charge on any atom is -0.490 e. The van der Waals surface area contributed by atoms with E-state index in [0.29, 0.717) is 43.1 Å². The Morgan fingerprint density at radius 3 is 2.52 bits per heavy atom. The first-order valence-corrected chi connectivity index (χ1v) is 15.5. The number of nitrogens with zero attached hydrogens (tertiary/aromatic N) is 3. The van der Waals surface area contributed by atoms with Gasteiger partial charge in [-0.3, -0.25) is 9.20 Å². The van der Waals surface area contributed by atoms with E-state index in [0.717, 1.165) is 64.3 Å². The summed E-state index contributed by atoms with van der Waals surface area (Å²) < 4.78 is 54.0. The molecule has 46 heavy (non-hydrogen) atoms. The third-order valence-electron chi connectivity index (χ3n) is 9.01. The molecule has 7 rings (SSSR count). The number of carbonyl (C=O) groups is 1. The van der Waals surface area contributed by atoms with E-state index in [2.05, 4.69) is 22.8 Å². The third kappa shape index (κ3) is 6.11. The maximum absolute atomic E-state index is 14.5. The molecule has 2 aromatic heterocycles. The van der Waals surface area contributed by atoms with Crippen molar-refractivity contribution in [3.05, 3.63) is 77.5 Å². The van der Waals surface area contributed by atoms with Gasteiger partial charge in [0.25, 0.3) is 0 Å². The maximum atomic E-state index is 14.5. The number of rotatable bonds is 3. The molecule has 0 spiro atoms. The third-order valence-corrected chi connectivity index (χ3v) is 9.01.